The molecule has 2 aromatic heterocycles. The lowest BCUT2D eigenvalue weighted by molar-refractivity contribution is 0.0590. The molecule has 0 saturated carbocycles. The van der Waals surface area contributed by atoms with Crippen molar-refractivity contribution in [3.63, 3.8) is 0 Å². The van der Waals surface area contributed by atoms with E-state index in [1.165, 1.54) is 19.4 Å². The Hall–Kier alpha value is -3.15. The minimum absolute atomic E-state index is 0.110. The monoisotopic (exact) mass is 295 g/mol. The van der Waals surface area contributed by atoms with Crippen LogP contribution in [0, 0.1) is 0 Å². The second-order valence-corrected chi connectivity index (χ2v) is 4.59. The fourth-order valence-corrected chi connectivity index (χ4v) is 2.06. The summed E-state index contributed by atoms with van der Waals surface area (Å²) in [4.78, 5) is 15.4. The molecule has 6 nitrogen and oxygen atoms in total. The normalized spacial score (nSPS) is 10.4. The fourth-order valence-electron chi connectivity index (χ4n) is 2.06. The average Bonchev–Trinajstić information content (AvgIpc) is 3.05. The summed E-state index contributed by atoms with van der Waals surface area (Å²) in [7, 11) is 1.24. The zero-order valence-corrected chi connectivity index (χ0v) is 11.8. The van der Waals surface area contributed by atoms with E-state index in [1.54, 1.807) is 10.9 Å². The number of hydrogen-bond acceptors (Lipinski definition) is 5. The maximum Gasteiger partial charge on any atom is 0.360 e. The Morgan fingerprint density at radius 2 is 1.95 bits per heavy atom. The highest BCUT2D eigenvalue weighted by Crippen LogP contribution is 2.25. The maximum atomic E-state index is 11.4. The van der Waals surface area contributed by atoms with Gasteiger partial charge in [0.15, 0.2) is 5.69 Å². The van der Waals surface area contributed by atoms with Gasteiger partial charge in [0, 0.05) is 23.5 Å². The number of benzene rings is 1. The molecule has 22 heavy (non-hydrogen) atoms. The average molecular weight is 295 g/mol. The van der Waals surface area contributed by atoms with Gasteiger partial charge in [-0.05, 0) is 18.2 Å². The van der Waals surface area contributed by atoms with Crippen LogP contribution in [0.15, 0.2) is 55.0 Å². The summed E-state index contributed by atoms with van der Waals surface area (Å²) >= 11 is 0. The highest BCUT2D eigenvalue weighted by atomic mass is 16.5. The van der Waals surface area contributed by atoms with Crippen molar-refractivity contribution in [1.29, 1.82) is 0 Å². The van der Waals surface area contributed by atoms with Crippen molar-refractivity contribution in [1.82, 2.24) is 14.8 Å². The first-order valence-corrected chi connectivity index (χ1v) is 6.57. The summed E-state index contributed by atoms with van der Waals surface area (Å²) in [5, 5.41) is 14.2. The highest BCUT2D eigenvalue weighted by molar-refractivity contribution is 5.90. The third kappa shape index (κ3) is 2.54. The third-order valence-corrected chi connectivity index (χ3v) is 3.18. The van der Waals surface area contributed by atoms with E-state index in [-0.39, 0.29) is 11.4 Å². The van der Waals surface area contributed by atoms with Gasteiger partial charge in [-0.15, -0.1) is 0 Å². The van der Waals surface area contributed by atoms with Gasteiger partial charge in [0.1, 0.15) is 5.75 Å². The number of para-hydroxylation sites is 1. The largest absolute Gasteiger partial charge is 0.505 e. The van der Waals surface area contributed by atoms with E-state index in [1.807, 2.05) is 36.5 Å². The number of ether oxygens (including phenoxy) is 1. The van der Waals surface area contributed by atoms with Gasteiger partial charge in [-0.1, -0.05) is 18.2 Å². The molecule has 0 fully saturated rings. The summed E-state index contributed by atoms with van der Waals surface area (Å²) in [5.74, 6) is -0.902. The number of rotatable bonds is 3. The van der Waals surface area contributed by atoms with Gasteiger partial charge in [0.25, 0.3) is 0 Å². The van der Waals surface area contributed by atoms with Crippen LogP contribution in [0.4, 0.5) is 0 Å². The fraction of sp³-hybridized carbons (Fsp3) is 0.0625. The molecule has 6 heteroatoms. The number of methoxy groups -OCH3 is 1. The van der Waals surface area contributed by atoms with Crippen LogP contribution >= 0.6 is 0 Å². The number of carbonyl (C=O) groups is 1. The van der Waals surface area contributed by atoms with Gasteiger partial charge in [0.05, 0.1) is 19.0 Å². The number of esters is 1. The van der Waals surface area contributed by atoms with E-state index in [0.29, 0.717) is 5.56 Å². The van der Waals surface area contributed by atoms with E-state index in [0.717, 1.165) is 11.3 Å². The maximum absolute atomic E-state index is 11.4. The molecule has 2 heterocycles. The molecule has 1 N–H and O–H groups in total. The molecule has 0 radical (unpaired) electrons. The molecule has 0 aliphatic heterocycles. The van der Waals surface area contributed by atoms with E-state index < -0.39 is 5.97 Å². The van der Waals surface area contributed by atoms with Gasteiger partial charge in [-0.2, -0.15) is 5.10 Å². The Kier molecular flexibility index (Phi) is 3.57. The van der Waals surface area contributed by atoms with Crippen molar-refractivity contribution in [2.75, 3.05) is 7.11 Å². The molecular formula is C16H13N3O3. The number of aromatic hydroxyl groups is 1. The minimum atomic E-state index is -0.677. The molecular weight excluding hydrogens is 282 g/mol. The molecule has 0 bridgehead atoms. The van der Waals surface area contributed by atoms with Crippen molar-refractivity contribution in [3.05, 3.63) is 60.7 Å². The molecule has 0 aliphatic rings. The molecule has 0 atom stereocenters. The Balaban J connectivity index is 1.94. The number of nitrogens with zero attached hydrogens (tertiary/aromatic N) is 3. The Bertz CT molecular complexity index is 813. The highest BCUT2D eigenvalue weighted by Gasteiger charge is 2.15. The number of carbonyl (C=O) groups excluding carboxylic acids is 1. The molecule has 3 aromatic rings. The van der Waals surface area contributed by atoms with Crippen LogP contribution in [-0.2, 0) is 4.74 Å². The zero-order chi connectivity index (χ0) is 15.5. The van der Waals surface area contributed by atoms with E-state index in [9.17, 15) is 9.90 Å². The minimum Gasteiger partial charge on any atom is -0.505 e. The van der Waals surface area contributed by atoms with Crippen LogP contribution in [0.3, 0.4) is 0 Å². The SMILES string of the molecule is COC(=O)c1ncc(-c2cnn(-c3ccccc3)c2)cc1O. The Morgan fingerprint density at radius 3 is 2.64 bits per heavy atom. The lowest BCUT2D eigenvalue weighted by Gasteiger charge is -2.03. The standard InChI is InChI=1S/C16H13N3O3/c1-22-16(21)15-14(20)7-11(8-17-15)12-9-18-19(10-12)13-5-3-2-4-6-13/h2-10,20H,1H3. The van der Waals surface area contributed by atoms with Crippen LogP contribution in [0.5, 0.6) is 5.75 Å². The van der Waals surface area contributed by atoms with Crippen LogP contribution in [0.1, 0.15) is 10.5 Å². The Labute approximate surface area is 126 Å². The Morgan fingerprint density at radius 1 is 1.18 bits per heavy atom. The van der Waals surface area contributed by atoms with Gasteiger partial charge in [-0.25, -0.2) is 14.5 Å². The predicted octanol–water partition coefficient (Wildman–Crippen LogP) is 2.43. The molecule has 3 rings (SSSR count). The molecule has 0 amide bonds. The second kappa shape index (κ2) is 5.69. The topological polar surface area (TPSA) is 77.2 Å². The number of hydrogen-bond donors (Lipinski definition) is 1. The third-order valence-electron chi connectivity index (χ3n) is 3.18. The van der Waals surface area contributed by atoms with Crippen molar-refractivity contribution in [2.45, 2.75) is 0 Å². The molecule has 1 aromatic carbocycles. The van der Waals surface area contributed by atoms with Crippen molar-refractivity contribution < 1.29 is 14.6 Å². The summed E-state index contributed by atoms with van der Waals surface area (Å²) in [6.07, 6.45) is 4.99. The van der Waals surface area contributed by atoms with E-state index in [4.69, 9.17) is 0 Å². The molecule has 0 saturated heterocycles. The summed E-state index contributed by atoms with van der Waals surface area (Å²) < 4.78 is 6.27. The van der Waals surface area contributed by atoms with Crippen molar-refractivity contribution in [2.24, 2.45) is 0 Å². The van der Waals surface area contributed by atoms with Crippen LogP contribution in [0.25, 0.3) is 16.8 Å². The first kappa shape index (κ1) is 13.8. The molecule has 0 aliphatic carbocycles. The smallest absolute Gasteiger partial charge is 0.360 e. The zero-order valence-electron chi connectivity index (χ0n) is 11.8. The molecule has 0 spiro atoms. The van der Waals surface area contributed by atoms with E-state index in [2.05, 4.69) is 14.8 Å². The van der Waals surface area contributed by atoms with Crippen molar-refractivity contribution in [3.8, 4) is 22.6 Å². The molecule has 110 valence electrons. The van der Waals surface area contributed by atoms with Crippen LogP contribution in [0.2, 0.25) is 0 Å². The van der Waals surface area contributed by atoms with Crippen molar-refractivity contribution >= 4 is 5.97 Å². The first-order valence-electron chi connectivity index (χ1n) is 6.57. The quantitative estimate of drug-likeness (QED) is 0.751. The van der Waals surface area contributed by atoms with E-state index >= 15 is 0 Å². The lowest BCUT2D eigenvalue weighted by Crippen LogP contribution is -2.04. The second-order valence-electron chi connectivity index (χ2n) is 4.59. The van der Waals surface area contributed by atoms with Crippen LogP contribution in [-0.4, -0.2) is 33.0 Å². The van der Waals surface area contributed by atoms with Gasteiger partial charge in [0.2, 0.25) is 0 Å². The van der Waals surface area contributed by atoms with Gasteiger partial charge < -0.3 is 9.84 Å². The van der Waals surface area contributed by atoms with Gasteiger partial charge >= 0.3 is 5.97 Å². The number of pyridine rings is 1. The van der Waals surface area contributed by atoms with Gasteiger partial charge in [-0.3, -0.25) is 0 Å². The summed E-state index contributed by atoms with van der Waals surface area (Å²) in [5.41, 5.74) is 2.26. The lowest BCUT2D eigenvalue weighted by atomic mass is 10.1. The number of aromatic nitrogens is 3. The summed E-state index contributed by atoms with van der Waals surface area (Å²) in [6, 6.07) is 11.1. The summed E-state index contributed by atoms with van der Waals surface area (Å²) in [6.45, 7) is 0. The van der Waals surface area contributed by atoms with Crippen LogP contribution < -0.4 is 0 Å². The first-order chi connectivity index (χ1) is 10.7. The molecule has 0 unspecified atom stereocenters. The predicted molar refractivity (Wildman–Crippen MR) is 79.8 cm³/mol.